The molecule has 0 spiro atoms. The largest absolute Gasteiger partial charge is 0.336 e. The maximum absolute atomic E-state index is 12.4. The highest BCUT2D eigenvalue weighted by Gasteiger charge is 2.26. The van der Waals surface area contributed by atoms with Crippen LogP contribution in [-0.4, -0.2) is 40.9 Å². The van der Waals surface area contributed by atoms with Gasteiger partial charge in [0.2, 0.25) is 0 Å². The Kier molecular flexibility index (Phi) is 4.25. The second-order valence-corrected chi connectivity index (χ2v) is 5.57. The van der Waals surface area contributed by atoms with Gasteiger partial charge in [0.15, 0.2) is 0 Å². The third-order valence-corrected chi connectivity index (χ3v) is 3.40. The molecular weight excluding hydrogens is 282 g/mol. The Morgan fingerprint density at radius 3 is 2.50 bits per heavy atom. The molecule has 1 aliphatic heterocycles. The van der Waals surface area contributed by atoms with E-state index >= 15 is 0 Å². The van der Waals surface area contributed by atoms with Crippen LogP contribution >= 0.6 is 11.6 Å². The van der Waals surface area contributed by atoms with E-state index in [1.54, 1.807) is 4.90 Å². The van der Waals surface area contributed by atoms with Crippen molar-refractivity contribution in [1.82, 2.24) is 10.2 Å². The van der Waals surface area contributed by atoms with Gasteiger partial charge >= 0.3 is 0 Å². The summed E-state index contributed by atoms with van der Waals surface area (Å²) in [6.45, 7) is 5.14. The molecule has 0 aliphatic carbocycles. The zero-order chi connectivity index (χ0) is 14.9. The van der Waals surface area contributed by atoms with Gasteiger partial charge in [0.05, 0.1) is 4.92 Å². The molecule has 1 fully saturated rings. The number of rotatable bonds is 2. The third-order valence-electron chi connectivity index (χ3n) is 3.19. The van der Waals surface area contributed by atoms with Crippen LogP contribution in [0.2, 0.25) is 5.02 Å². The second kappa shape index (κ2) is 5.76. The fraction of sp³-hybridized carbons (Fsp3) is 0.462. The van der Waals surface area contributed by atoms with E-state index in [0.717, 1.165) is 0 Å². The summed E-state index contributed by atoms with van der Waals surface area (Å²) >= 11 is 5.85. The molecule has 7 heteroatoms. The standard InChI is InChI=1S/C13H16ClN3O3/c1-8-6-16(7-9(2)15-8)13(18)10-3-11(14)5-12(4-10)17(19)20/h3-5,8-9,15H,6-7H2,1-2H3. The van der Waals surface area contributed by atoms with Crippen molar-refractivity contribution < 1.29 is 9.72 Å². The van der Waals surface area contributed by atoms with Crippen molar-refractivity contribution in [3.05, 3.63) is 38.9 Å². The summed E-state index contributed by atoms with van der Waals surface area (Å²) in [5, 5.41) is 14.3. The zero-order valence-electron chi connectivity index (χ0n) is 11.3. The number of non-ortho nitro benzene ring substituents is 1. The molecule has 0 aromatic heterocycles. The van der Waals surface area contributed by atoms with E-state index in [-0.39, 0.29) is 34.3 Å². The van der Waals surface area contributed by atoms with Crippen LogP contribution in [0.25, 0.3) is 0 Å². The molecule has 2 atom stereocenters. The van der Waals surface area contributed by atoms with E-state index in [0.29, 0.717) is 13.1 Å². The number of nitrogens with one attached hydrogen (secondary N) is 1. The number of benzene rings is 1. The highest BCUT2D eigenvalue weighted by molar-refractivity contribution is 6.31. The van der Waals surface area contributed by atoms with Gasteiger partial charge in [0.1, 0.15) is 0 Å². The van der Waals surface area contributed by atoms with Crippen molar-refractivity contribution in [1.29, 1.82) is 0 Å². The van der Waals surface area contributed by atoms with Gasteiger partial charge in [-0.2, -0.15) is 0 Å². The summed E-state index contributed by atoms with van der Waals surface area (Å²) in [5.74, 6) is -0.226. The average Bonchev–Trinajstić information content (AvgIpc) is 2.35. The molecule has 2 unspecified atom stereocenters. The molecule has 1 aliphatic rings. The Bertz CT molecular complexity index is 540. The lowest BCUT2D eigenvalue weighted by molar-refractivity contribution is -0.384. The van der Waals surface area contributed by atoms with Crippen LogP contribution in [0.15, 0.2) is 18.2 Å². The lowest BCUT2D eigenvalue weighted by Crippen LogP contribution is -2.55. The summed E-state index contributed by atoms with van der Waals surface area (Å²) in [7, 11) is 0. The Morgan fingerprint density at radius 2 is 1.95 bits per heavy atom. The Morgan fingerprint density at radius 1 is 1.35 bits per heavy atom. The van der Waals surface area contributed by atoms with Crippen LogP contribution in [0.1, 0.15) is 24.2 Å². The summed E-state index contributed by atoms with van der Waals surface area (Å²) < 4.78 is 0. The molecule has 1 saturated heterocycles. The first kappa shape index (κ1) is 14.7. The number of piperazine rings is 1. The number of nitro benzene ring substituents is 1. The number of amides is 1. The van der Waals surface area contributed by atoms with Crippen molar-refractivity contribution in [2.45, 2.75) is 25.9 Å². The van der Waals surface area contributed by atoms with Gasteiger partial charge in [-0.15, -0.1) is 0 Å². The molecule has 0 radical (unpaired) electrons. The molecular formula is C13H16ClN3O3. The summed E-state index contributed by atoms with van der Waals surface area (Å²) in [4.78, 5) is 24.4. The minimum absolute atomic E-state index is 0.169. The molecule has 1 heterocycles. The second-order valence-electron chi connectivity index (χ2n) is 5.13. The van der Waals surface area contributed by atoms with Gasteiger partial charge < -0.3 is 10.2 Å². The monoisotopic (exact) mass is 297 g/mol. The van der Waals surface area contributed by atoms with Crippen LogP contribution in [-0.2, 0) is 0 Å². The number of carbonyl (C=O) groups excluding carboxylic acids is 1. The molecule has 2 rings (SSSR count). The molecule has 0 saturated carbocycles. The number of nitro groups is 1. The van der Waals surface area contributed by atoms with E-state index in [4.69, 9.17) is 11.6 Å². The van der Waals surface area contributed by atoms with Crippen molar-refractivity contribution >= 4 is 23.2 Å². The number of hydrogen-bond donors (Lipinski definition) is 1. The van der Waals surface area contributed by atoms with Crippen LogP contribution in [0.4, 0.5) is 5.69 Å². The highest BCUT2D eigenvalue weighted by Crippen LogP contribution is 2.22. The normalized spacial score (nSPS) is 22.6. The lowest BCUT2D eigenvalue weighted by Gasteiger charge is -2.36. The number of hydrogen-bond acceptors (Lipinski definition) is 4. The number of halogens is 1. The van der Waals surface area contributed by atoms with Gasteiger partial charge in [-0.05, 0) is 19.9 Å². The van der Waals surface area contributed by atoms with Crippen LogP contribution in [0, 0.1) is 10.1 Å². The van der Waals surface area contributed by atoms with Crippen molar-refractivity contribution in [2.24, 2.45) is 0 Å². The topological polar surface area (TPSA) is 75.5 Å². The predicted octanol–water partition coefficient (Wildman–Crippen LogP) is 2.07. The fourth-order valence-corrected chi connectivity index (χ4v) is 2.71. The molecule has 6 nitrogen and oxygen atoms in total. The predicted molar refractivity (Wildman–Crippen MR) is 76.1 cm³/mol. The van der Waals surface area contributed by atoms with Crippen molar-refractivity contribution in [2.75, 3.05) is 13.1 Å². The van der Waals surface area contributed by atoms with E-state index in [1.165, 1.54) is 18.2 Å². The lowest BCUT2D eigenvalue weighted by atomic mass is 10.1. The molecule has 1 N–H and O–H groups in total. The van der Waals surface area contributed by atoms with Crippen LogP contribution in [0.5, 0.6) is 0 Å². The minimum Gasteiger partial charge on any atom is -0.336 e. The van der Waals surface area contributed by atoms with Gasteiger partial charge in [0.25, 0.3) is 11.6 Å². The summed E-state index contributed by atoms with van der Waals surface area (Å²) in [6.07, 6.45) is 0. The van der Waals surface area contributed by atoms with Gasteiger partial charge in [0, 0.05) is 47.9 Å². The molecule has 0 bridgehead atoms. The fourth-order valence-electron chi connectivity index (χ4n) is 2.48. The van der Waals surface area contributed by atoms with Gasteiger partial charge in [-0.3, -0.25) is 14.9 Å². The Balaban J connectivity index is 2.26. The van der Waals surface area contributed by atoms with Crippen molar-refractivity contribution in [3.63, 3.8) is 0 Å². The van der Waals surface area contributed by atoms with Crippen LogP contribution in [0.3, 0.4) is 0 Å². The number of carbonyl (C=O) groups is 1. The first-order chi connectivity index (χ1) is 9.36. The molecule has 1 aromatic rings. The number of nitrogens with zero attached hydrogens (tertiary/aromatic N) is 2. The Hall–Kier alpha value is -1.66. The molecule has 108 valence electrons. The zero-order valence-corrected chi connectivity index (χ0v) is 12.1. The van der Waals surface area contributed by atoms with Crippen LogP contribution < -0.4 is 5.32 Å². The first-order valence-corrected chi connectivity index (χ1v) is 6.75. The van der Waals surface area contributed by atoms with Crippen molar-refractivity contribution in [3.8, 4) is 0 Å². The highest BCUT2D eigenvalue weighted by atomic mass is 35.5. The molecule has 1 aromatic carbocycles. The SMILES string of the molecule is CC1CN(C(=O)c2cc(Cl)cc([N+](=O)[O-])c2)CC(C)N1. The summed E-state index contributed by atoms with van der Waals surface area (Å²) in [5.41, 5.74) is 0.0857. The third kappa shape index (κ3) is 3.26. The first-order valence-electron chi connectivity index (χ1n) is 6.37. The average molecular weight is 298 g/mol. The smallest absolute Gasteiger partial charge is 0.271 e. The summed E-state index contributed by atoms with van der Waals surface area (Å²) in [6, 6.07) is 4.36. The van der Waals surface area contributed by atoms with Gasteiger partial charge in [-0.25, -0.2) is 0 Å². The quantitative estimate of drug-likeness (QED) is 0.670. The van der Waals surface area contributed by atoms with E-state index < -0.39 is 4.92 Å². The molecule has 20 heavy (non-hydrogen) atoms. The van der Waals surface area contributed by atoms with Gasteiger partial charge in [-0.1, -0.05) is 11.6 Å². The van der Waals surface area contributed by atoms with E-state index in [9.17, 15) is 14.9 Å². The molecule has 1 amide bonds. The van der Waals surface area contributed by atoms with E-state index in [2.05, 4.69) is 5.32 Å². The Labute approximate surface area is 121 Å². The van der Waals surface area contributed by atoms with E-state index in [1.807, 2.05) is 13.8 Å². The maximum Gasteiger partial charge on any atom is 0.271 e. The maximum atomic E-state index is 12.4. The minimum atomic E-state index is -0.550.